The van der Waals surface area contributed by atoms with Crippen molar-refractivity contribution < 1.29 is 4.79 Å². The number of primary amides is 1. The summed E-state index contributed by atoms with van der Waals surface area (Å²) in [6.07, 6.45) is 2.71. The lowest BCUT2D eigenvalue weighted by molar-refractivity contribution is 0.0994. The van der Waals surface area contributed by atoms with Crippen LogP contribution in [0.5, 0.6) is 0 Å². The SMILES string of the molecule is CCCc1c(C(N)=O)nnn1CCCN(C)C. The van der Waals surface area contributed by atoms with Crippen molar-refractivity contribution in [1.29, 1.82) is 0 Å². The largest absolute Gasteiger partial charge is 0.364 e. The van der Waals surface area contributed by atoms with E-state index in [0.717, 1.165) is 38.0 Å². The van der Waals surface area contributed by atoms with Gasteiger partial charge >= 0.3 is 0 Å². The normalized spacial score (nSPS) is 11.1. The number of carbonyl (C=O) groups is 1. The van der Waals surface area contributed by atoms with E-state index in [0.29, 0.717) is 5.69 Å². The minimum absolute atomic E-state index is 0.316. The molecular weight excluding hydrogens is 218 g/mol. The third kappa shape index (κ3) is 3.81. The molecule has 1 heterocycles. The maximum absolute atomic E-state index is 11.2. The number of nitrogens with zero attached hydrogens (tertiary/aromatic N) is 4. The van der Waals surface area contributed by atoms with Gasteiger partial charge in [0, 0.05) is 6.54 Å². The number of amides is 1. The molecule has 2 N–H and O–H groups in total. The van der Waals surface area contributed by atoms with Crippen LogP contribution in [-0.4, -0.2) is 46.4 Å². The smallest absolute Gasteiger partial charge is 0.271 e. The third-order valence-corrected chi connectivity index (χ3v) is 2.53. The molecule has 0 aliphatic carbocycles. The number of hydrogen-bond acceptors (Lipinski definition) is 4. The lowest BCUT2D eigenvalue weighted by atomic mass is 10.2. The van der Waals surface area contributed by atoms with Crippen LogP contribution in [0.4, 0.5) is 0 Å². The second kappa shape index (κ2) is 6.34. The first kappa shape index (κ1) is 13.6. The standard InChI is InChI=1S/C11H21N5O/c1-4-6-9-10(11(12)17)13-14-16(9)8-5-7-15(2)3/h4-8H2,1-3H3,(H2,12,17). The van der Waals surface area contributed by atoms with E-state index in [4.69, 9.17) is 5.73 Å². The fourth-order valence-electron chi connectivity index (χ4n) is 1.72. The van der Waals surface area contributed by atoms with Gasteiger partial charge in [0.15, 0.2) is 5.69 Å². The number of nitrogens with two attached hydrogens (primary N) is 1. The van der Waals surface area contributed by atoms with Gasteiger partial charge in [-0.3, -0.25) is 4.79 Å². The quantitative estimate of drug-likeness (QED) is 0.741. The number of aryl methyl sites for hydroxylation is 1. The first-order valence-corrected chi connectivity index (χ1v) is 5.93. The van der Waals surface area contributed by atoms with Crippen LogP contribution in [0.25, 0.3) is 0 Å². The Morgan fingerprint density at radius 1 is 1.47 bits per heavy atom. The fraction of sp³-hybridized carbons (Fsp3) is 0.727. The van der Waals surface area contributed by atoms with Gasteiger partial charge in [-0.1, -0.05) is 18.6 Å². The second-order valence-electron chi connectivity index (χ2n) is 4.38. The second-order valence-corrected chi connectivity index (χ2v) is 4.38. The molecule has 1 aromatic rings. The molecule has 0 aromatic carbocycles. The predicted octanol–water partition coefficient (Wildman–Crippen LogP) is 0.281. The van der Waals surface area contributed by atoms with Gasteiger partial charge in [0.1, 0.15) is 0 Å². The molecule has 0 unspecified atom stereocenters. The molecular formula is C11H21N5O. The van der Waals surface area contributed by atoms with Gasteiger partial charge in [0.25, 0.3) is 5.91 Å². The predicted molar refractivity (Wildman–Crippen MR) is 65.7 cm³/mol. The van der Waals surface area contributed by atoms with E-state index in [1.807, 2.05) is 14.1 Å². The highest BCUT2D eigenvalue weighted by atomic mass is 16.1. The summed E-state index contributed by atoms with van der Waals surface area (Å²) >= 11 is 0. The van der Waals surface area contributed by atoms with Crippen LogP contribution in [-0.2, 0) is 13.0 Å². The Balaban J connectivity index is 2.73. The Morgan fingerprint density at radius 3 is 2.71 bits per heavy atom. The molecule has 6 heteroatoms. The maximum atomic E-state index is 11.2. The molecule has 96 valence electrons. The zero-order valence-corrected chi connectivity index (χ0v) is 10.8. The van der Waals surface area contributed by atoms with E-state index in [9.17, 15) is 4.79 Å². The molecule has 1 aromatic heterocycles. The number of aromatic nitrogens is 3. The van der Waals surface area contributed by atoms with Crippen molar-refractivity contribution in [2.45, 2.75) is 32.7 Å². The van der Waals surface area contributed by atoms with Crippen LogP contribution in [0.15, 0.2) is 0 Å². The Labute approximate surface area is 102 Å². The molecule has 1 rings (SSSR count). The van der Waals surface area contributed by atoms with Crippen LogP contribution in [0.3, 0.4) is 0 Å². The van der Waals surface area contributed by atoms with E-state index in [2.05, 4.69) is 22.1 Å². The monoisotopic (exact) mass is 239 g/mol. The molecule has 0 aliphatic rings. The summed E-state index contributed by atoms with van der Waals surface area (Å²) in [5, 5.41) is 7.86. The molecule has 0 aliphatic heterocycles. The van der Waals surface area contributed by atoms with Gasteiger partial charge in [-0.2, -0.15) is 0 Å². The van der Waals surface area contributed by atoms with Crippen molar-refractivity contribution in [2.24, 2.45) is 5.73 Å². The highest BCUT2D eigenvalue weighted by Gasteiger charge is 2.16. The number of rotatable bonds is 7. The van der Waals surface area contributed by atoms with Crippen molar-refractivity contribution in [2.75, 3.05) is 20.6 Å². The molecule has 0 saturated carbocycles. The average Bonchev–Trinajstić information content (AvgIpc) is 2.62. The molecule has 0 saturated heterocycles. The lowest BCUT2D eigenvalue weighted by Crippen LogP contribution is -2.18. The average molecular weight is 239 g/mol. The molecule has 0 fully saturated rings. The molecule has 0 radical (unpaired) electrons. The molecule has 1 amide bonds. The van der Waals surface area contributed by atoms with Crippen LogP contribution >= 0.6 is 0 Å². The summed E-state index contributed by atoms with van der Waals surface area (Å²) < 4.78 is 1.80. The number of hydrogen-bond donors (Lipinski definition) is 1. The van der Waals surface area contributed by atoms with Gasteiger partial charge in [-0.05, 0) is 33.5 Å². The third-order valence-electron chi connectivity index (χ3n) is 2.53. The van der Waals surface area contributed by atoms with E-state index in [1.54, 1.807) is 4.68 Å². The van der Waals surface area contributed by atoms with Gasteiger partial charge in [-0.15, -0.1) is 5.10 Å². The zero-order chi connectivity index (χ0) is 12.8. The fourth-order valence-corrected chi connectivity index (χ4v) is 1.72. The zero-order valence-electron chi connectivity index (χ0n) is 10.8. The minimum Gasteiger partial charge on any atom is -0.364 e. The highest BCUT2D eigenvalue weighted by Crippen LogP contribution is 2.08. The summed E-state index contributed by atoms with van der Waals surface area (Å²) in [7, 11) is 4.06. The van der Waals surface area contributed by atoms with Crippen LogP contribution in [0, 0.1) is 0 Å². The van der Waals surface area contributed by atoms with Crippen LogP contribution in [0.2, 0.25) is 0 Å². The highest BCUT2D eigenvalue weighted by molar-refractivity contribution is 5.91. The van der Waals surface area contributed by atoms with Gasteiger partial charge < -0.3 is 10.6 Å². The van der Waals surface area contributed by atoms with E-state index >= 15 is 0 Å². The first-order chi connectivity index (χ1) is 8.06. The summed E-state index contributed by atoms with van der Waals surface area (Å²) in [4.78, 5) is 13.3. The van der Waals surface area contributed by atoms with Gasteiger partial charge in [-0.25, -0.2) is 4.68 Å². The topological polar surface area (TPSA) is 77.0 Å². The van der Waals surface area contributed by atoms with E-state index in [1.165, 1.54) is 0 Å². The lowest BCUT2D eigenvalue weighted by Gasteiger charge is -2.10. The molecule has 0 spiro atoms. The van der Waals surface area contributed by atoms with Crippen molar-refractivity contribution >= 4 is 5.91 Å². The van der Waals surface area contributed by atoms with E-state index < -0.39 is 5.91 Å². The van der Waals surface area contributed by atoms with E-state index in [-0.39, 0.29) is 0 Å². The van der Waals surface area contributed by atoms with Crippen molar-refractivity contribution in [3.8, 4) is 0 Å². The maximum Gasteiger partial charge on any atom is 0.271 e. The molecule has 6 nitrogen and oxygen atoms in total. The Hall–Kier alpha value is -1.43. The molecule has 0 bridgehead atoms. The summed E-state index contributed by atoms with van der Waals surface area (Å²) in [6.45, 7) is 3.81. The van der Waals surface area contributed by atoms with Gasteiger partial charge in [0.2, 0.25) is 0 Å². The van der Waals surface area contributed by atoms with Gasteiger partial charge in [0.05, 0.1) is 5.69 Å². The Bertz CT molecular complexity index is 372. The Kier molecular flexibility index (Phi) is 5.09. The van der Waals surface area contributed by atoms with Crippen molar-refractivity contribution in [3.63, 3.8) is 0 Å². The first-order valence-electron chi connectivity index (χ1n) is 5.93. The molecule has 0 atom stereocenters. The summed E-state index contributed by atoms with van der Waals surface area (Å²) in [6, 6.07) is 0. The van der Waals surface area contributed by atoms with Crippen LogP contribution in [0.1, 0.15) is 35.9 Å². The van der Waals surface area contributed by atoms with Crippen molar-refractivity contribution in [1.82, 2.24) is 19.9 Å². The van der Waals surface area contributed by atoms with Crippen LogP contribution < -0.4 is 5.73 Å². The Morgan fingerprint density at radius 2 is 2.18 bits per heavy atom. The number of carbonyl (C=O) groups excluding carboxylic acids is 1. The van der Waals surface area contributed by atoms with Crippen molar-refractivity contribution in [3.05, 3.63) is 11.4 Å². The molecule has 17 heavy (non-hydrogen) atoms. The summed E-state index contributed by atoms with van der Waals surface area (Å²) in [5.74, 6) is -0.493. The minimum atomic E-state index is -0.493. The summed E-state index contributed by atoms with van der Waals surface area (Å²) in [5.41, 5.74) is 6.45.